The van der Waals surface area contributed by atoms with E-state index in [1.807, 2.05) is 6.92 Å². The second kappa shape index (κ2) is 10.7. The van der Waals surface area contributed by atoms with Gasteiger partial charge in [0.25, 0.3) is 0 Å². The minimum absolute atomic E-state index is 0.0664. The van der Waals surface area contributed by atoms with E-state index in [1.54, 1.807) is 0 Å². The van der Waals surface area contributed by atoms with Crippen LogP contribution < -0.4 is 9.47 Å². The quantitative estimate of drug-likeness (QED) is 0.278. The monoisotopic (exact) mass is 458 g/mol. The van der Waals surface area contributed by atoms with Crippen molar-refractivity contribution in [2.24, 2.45) is 11.8 Å². The number of hydrogen-bond donors (Lipinski definition) is 0. The van der Waals surface area contributed by atoms with Crippen LogP contribution in [0.1, 0.15) is 70.8 Å². The van der Waals surface area contributed by atoms with Crippen molar-refractivity contribution in [2.75, 3.05) is 13.2 Å². The third-order valence-electron chi connectivity index (χ3n) is 6.29. The zero-order chi connectivity index (χ0) is 23.3. The topological polar surface area (TPSA) is 18.5 Å². The average Bonchev–Trinajstić information content (AvgIpc) is 2.76. The number of rotatable bonds is 9. The van der Waals surface area contributed by atoms with Crippen LogP contribution in [0, 0.1) is 23.5 Å². The summed E-state index contributed by atoms with van der Waals surface area (Å²) in [5.74, 6) is -2.85. The van der Waals surface area contributed by atoms with Gasteiger partial charge in [-0.1, -0.05) is 52.0 Å². The fraction of sp³-hybridized carbons (Fsp3) is 0.600. The van der Waals surface area contributed by atoms with E-state index in [2.05, 4.69) is 6.92 Å². The normalized spacial score (nSPS) is 19.3. The van der Waals surface area contributed by atoms with Crippen LogP contribution in [0.25, 0.3) is 10.8 Å². The minimum Gasteiger partial charge on any atom is -0.493 e. The van der Waals surface area contributed by atoms with Crippen LogP contribution in [0.4, 0.5) is 22.0 Å². The van der Waals surface area contributed by atoms with Gasteiger partial charge in [-0.3, -0.25) is 0 Å². The molecule has 0 atom stereocenters. The van der Waals surface area contributed by atoms with E-state index in [1.165, 1.54) is 12.5 Å². The van der Waals surface area contributed by atoms with Crippen molar-refractivity contribution < 1.29 is 31.4 Å². The first-order valence-corrected chi connectivity index (χ1v) is 11.5. The predicted molar refractivity (Wildman–Crippen MR) is 115 cm³/mol. The van der Waals surface area contributed by atoms with Crippen molar-refractivity contribution in [3.63, 3.8) is 0 Å². The molecule has 0 unspecified atom stereocenters. The molecule has 1 aliphatic rings. The lowest BCUT2D eigenvalue weighted by Crippen LogP contribution is -2.20. The van der Waals surface area contributed by atoms with Gasteiger partial charge in [-0.25, -0.2) is 4.39 Å². The molecule has 1 fully saturated rings. The Balaban J connectivity index is 1.85. The molecule has 0 aromatic heterocycles. The van der Waals surface area contributed by atoms with Crippen molar-refractivity contribution in [2.45, 2.75) is 71.4 Å². The summed E-state index contributed by atoms with van der Waals surface area (Å²) in [7, 11) is 0. The zero-order valence-electron chi connectivity index (χ0n) is 18.7. The maximum absolute atomic E-state index is 14.9. The van der Waals surface area contributed by atoms with Crippen LogP contribution in [-0.4, -0.2) is 13.2 Å². The highest BCUT2D eigenvalue weighted by atomic mass is 19.4. The molecule has 7 heteroatoms. The lowest BCUT2D eigenvalue weighted by Gasteiger charge is -2.28. The first-order chi connectivity index (χ1) is 15.3. The van der Waals surface area contributed by atoms with E-state index >= 15 is 0 Å². The number of unbranched alkanes of at least 4 members (excludes halogenated alkanes) is 1. The van der Waals surface area contributed by atoms with Crippen molar-refractivity contribution in [3.05, 3.63) is 35.4 Å². The summed E-state index contributed by atoms with van der Waals surface area (Å²) in [6, 6.07) is 3.63. The highest BCUT2D eigenvalue weighted by molar-refractivity contribution is 5.90. The summed E-state index contributed by atoms with van der Waals surface area (Å²) in [4.78, 5) is 0. The van der Waals surface area contributed by atoms with E-state index in [-0.39, 0.29) is 30.3 Å². The maximum atomic E-state index is 14.9. The Bertz CT molecular complexity index is 902. The first kappa shape index (κ1) is 24.6. The van der Waals surface area contributed by atoms with E-state index in [0.29, 0.717) is 12.3 Å². The number of alkyl halides is 3. The Labute approximate surface area is 186 Å². The Kier molecular flexibility index (Phi) is 8.23. The van der Waals surface area contributed by atoms with Gasteiger partial charge in [0.1, 0.15) is 11.3 Å². The Hall–Kier alpha value is -2.05. The molecule has 0 N–H and O–H groups in total. The van der Waals surface area contributed by atoms with E-state index in [4.69, 9.17) is 9.47 Å². The molecule has 0 radical (unpaired) electrons. The fourth-order valence-corrected chi connectivity index (χ4v) is 4.51. The van der Waals surface area contributed by atoms with Gasteiger partial charge in [0.2, 0.25) is 5.82 Å². The number of fused-ring (bicyclic) bond motifs is 1. The molecular weight excluding hydrogens is 427 g/mol. The number of halogens is 5. The van der Waals surface area contributed by atoms with Gasteiger partial charge in [-0.15, -0.1) is 0 Å². The second-order valence-corrected chi connectivity index (χ2v) is 8.73. The Morgan fingerprint density at radius 3 is 2.19 bits per heavy atom. The molecule has 2 aromatic rings. The molecule has 0 saturated heterocycles. The molecule has 32 heavy (non-hydrogen) atoms. The maximum Gasteiger partial charge on any atom is 0.420 e. The van der Waals surface area contributed by atoms with Gasteiger partial charge >= 0.3 is 6.18 Å². The molecule has 1 aliphatic carbocycles. The zero-order valence-corrected chi connectivity index (χ0v) is 18.7. The standard InChI is InChI=1S/C25H31F5O2/c1-3-5-13-31-19-12-11-18-14-20(23(26)24(27)21(18)22(19)25(28,29)30)32-15-17-9-7-16(6-4-2)8-10-17/h11-12,14,16-17H,3-10,13,15H2,1-2H3/t16-,17-. The SMILES string of the molecule is CCCCOc1ccc2cc(OC[C@H]3CC[C@H](CCC)CC3)c(F)c(F)c2c1C(F)(F)F. The van der Waals surface area contributed by atoms with E-state index < -0.39 is 34.5 Å². The largest absolute Gasteiger partial charge is 0.493 e. The smallest absolute Gasteiger partial charge is 0.420 e. The first-order valence-electron chi connectivity index (χ1n) is 11.5. The van der Waals surface area contributed by atoms with Gasteiger partial charge in [0.15, 0.2) is 11.6 Å². The fourth-order valence-electron chi connectivity index (χ4n) is 4.51. The predicted octanol–water partition coefficient (Wildman–Crippen LogP) is 8.30. The lowest BCUT2D eigenvalue weighted by atomic mass is 9.80. The van der Waals surface area contributed by atoms with Crippen molar-refractivity contribution in [3.8, 4) is 11.5 Å². The molecule has 0 amide bonds. The van der Waals surface area contributed by atoms with Crippen LogP contribution in [0.15, 0.2) is 18.2 Å². The van der Waals surface area contributed by atoms with Gasteiger partial charge in [-0.05, 0) is 48.6 Å². The van der Waals surface area contributed by atoms with Crippen LogP contribution in [0.2, 0.25) is 0 Å². The molecule has 0 aliphatic heterocycles. The van der Waals surface area contributed by atoms with Crippen molar-refractivity contribution in [1.29, 1.82) is 0 Å². The highest BCUT2D eigenvalue weighted by Gasteiger charge is 2.38. The van der Waals surface area contributed by atoms with Gasteiger partial charge in [0.05, 0.1) is 13.2 Å². The minimum atomic E-state index is -4.90. The molecule has 2 nitrogen and oxygen atoms in total. The summed E-state index contributed by atoms with van der Waals surface area (Å²) in [5, 5.41) is -0.892. The molecule has 0 heterocycles. The highest BCUT2D eigenvalue weighted by Crippen LogP contribution is 2.44. The summed E-state index contributed by atoms with van der Waals surface area (Å²) in [5.41, 5.74) is -1.29. The summed E-state index contributed by atoms with van der Waals surface area (Å²) < 4.78 is 81.8. The molecule has 3 rings (SSSR count). The molecule has 2 aromatic carbocycles. The lowest BCUT2D eigenvalue weighted by molar-refractivity contribution is -0.137. The Morgan fingerprint density at radius 1 is 0.875 bits per heavy atom. The third-order valence-corrected chi connectivity index (χ3v) is 6.29. The number of benzene rings is 2. The van der Waals surface area contributed by atoms with Gasteiger partial charge in [-0.2, -0.15) is 17.6 Å². The number of hydrogen-bond acceptors (Lipinski definition) is 2. The number of ether oxygens (including phenoxy) is 2. The summed E-state index contributed by atoms with van der Waals surface area (Å²) in [6.45, 7) is 4.33. The van der Waals surface area contributed by atoms with Crippen LogP contribution in [0.3, 0.4) is 0 Å². The van der Waals surface area contributed by atoms with E-state index in [9.17, 15) is 22.0 Å². The molecule has 0 bridgehead atoms. The average molecular weight is 459 g/mol. The second-order valence-electron chi connectivity index (χ2n) is 8.73. The molecule has 178 valence electrons. The third kappa shape index (κ3) is 5.65. The molecule has 1 saturated carbocycles. The summed E-state index contributed by atoms with van der Waals surface area (Å²) >= 11 is 0. The van der Waals surface area contributed by atoms with Crippen molar-refractivity contribution >= 4 is 10.8 Å². The van der Waals surface area contributed by atoms with Crippen LogP contribution >= 0.6 is 0 Å². The Morgan fingerprint density at radius 2 is 1.56 bits per heavy atom. The van der Waals surface area contributed by atoms with Crippen molar-refractivity contribution in [1.82, 2.24) is 0 Å². The van der Waals surface area contributed by atoms with Crippen LogP contribution in [0.5, 0.6) is 11.5 Å². The van der Waals surface area contributed by atoms with Crippen LogP contribution in [-0.2, 0) is 6.18 Å². The molecule has 0 spiro atoms. The van der Waals surface area contributed by atoms with Gasteiger partial charge in [0, 0.05) is 5.39 Å². The van der Waals surface area contributed by atoms with E-state index in [0.717, 1.165) is 50.7 Å². The van der Waals surface area contributed by atoms with Gasteiger partial charge < -0.3 is 9.47 Å². The summed E-state index contributed by atoms with van der Waals surface area (Å²) in [6.07, 6.45) is 2.84. The molecular formula is C25H31F5O2.